The third kappa shape index (κ3) is 4.51. The summed E-state index contributed by atoms with van der Waals surface area (Å²) in [6, 6.07) is 8.99. The molecule has 0 spiro atoms. The lowest BCUT2D eigenvalue weighted by Gasteiger charge is -2.34. The molecule has 1 aromatic carbocycles. The highest BCUT2D eigenvalue weighted by Crippen LogP contribution is 2.17. The second kappa shape index (κ2) is 5.93. The van der Waals surface area contributed by atoms with Crippen LogP contribution in [0.4, 0.5) is 5.69 Å². The number of rotatable bonds is 3. The maximum atomic E-state index is 3.52. The molecule has 0 amide bonds. The van der Waals surface area contributed by atoms with Gasteiger partial charge in [0.15, 0.2) is 0 Å². The Labute approximate surface area is 117 Å². The van der Waals surface area contributed by atoms with Crippen LogP contribution in [-0.4, -0.2) is 43.7 Å². The molecule has 0 bridgehead atoms. The van der Waals surface area contributed by atoms with Gasteiger partial charge in [0.05, 0.1) is 0 Å². The van der Waals surface area contributed by atoms with E-state index in [1.165, 1.54) is 11.3 Å². The normalized spacial score (nSPS) is 17.8. The van der Waals surface area contributed by atoms with Gasteiger partial charge in [0, 0.05) is 44.0 Å². The second-order valence-corrected chi connectivity index (χ2v) is 6.56. The van der Waals surface area contributed by atoms with E-state index in [2.05, 4.69) is 67.2 Å². The van der Waals surface area contributed by atoms with Crippen molar-refractivity contribution in [2.45, 2.75) is 32.9 Å². The van der Waals surface area contributed by atoms with Crippen molar-refractivity contribution in [3.8, 4) is 0 Å². The first-order valence-corrected chi connectivity index (χ1v) is 7.21. The SMILES string of the molecule is CN1CCN(c2ccc(CNC(C)(C)C)cc2)CC1. The lowest BCUT2D eigenvalue weighted by Crippen LogP contribution is -2.44. The van der Waals surface area contributed by atoms with Crippen LogP contribution in [-0.2, 0) is 6.54 Å². The molecule has 3 nitrogen and oxygen atoms in total. The Morgan fingerprint density at radius 3 is 2.11 bits per heavy atom. The fraction of sp³-hybridized carbons (Fsp3) is 0.625. The first-order valence-electron chi connectivity index (χ1n) is 7.21. The van der Waals surface area contributed by atoms with Crippen LogP contribution in [0.25, 0.3) is 0 Å². The van der Waals surface area contributed by atoms with Gasteiger partial charge in [-0.05, 0) is 45.5 Å². The Morgan fingerprint density at radius 1 is 1.00 bits per heavy atom. The van der Waals surface area contributed by atoms with E-state index in [0.29, 0.717) is 0 Å². The van der Waals surface area contributed by atoms with Crippen LogP contribution < -0.4 is 10.2 Å². The van der Waals surface area contributed by atoms with Gasteiger partial charge in [0.25, 0.3) is 0 Å². The summed E-state index contributed by atoms with van der Waals surface area (Å²) in [4.78, 5) is 4.86. The summed E-state index contributed by atoms with van der Waals surface area (Å²) in [7, 11) is 2.19. The fourth-order valence-electron chi connectivity index (χ4n) is 2.26. The van der Waals surface area contributed by atoms with Gasteiger partial charge in [-0.3, -0.25) is 0 Å². The van der Waals surface area contributed by atoms with Crippen LogP contribution in [0.1, 0.15) is 26.3 Å². The van der Waals surface area contributed by atoms with Crippen LogP contribution in [0.3, 0.4) is 0 Å². The summed E-state index contributed by atoms with van der Waals surface area (Å²) in [6.07, 6.45) is 0. The number of nitrogens with zero attached hydrogens (tertiary/aromatic N) is 2. The Bertz CT molecular complexity index is 383. The van der Waals surface area contributed by atoms with Gasteiger partial charge in [-0.2, -0.15) is 0 Å². The fourth-order valence-corrected chi connectivity index (χ4v) is 2.26. The quantitative estimate of drug-likeness (QED) is 0.901. The number of hydrogen-bond acceptors (Lipinski definition) is 3. The Morgan fingerprint density at radius 2 is 1.58 bits per heavy atom. The van der Waals surface area contributed by atoms with E-state index >= 15 is 0 Å². The molecule has 1 aliphatic rings. The van der Waals surface area contributed by atoms with Gasteiger partial charge < -0.3 is 15.1 Å². The zero-order chi connectivity index (χ0) is 13.9. The molecule has 0 unspecified atom stereocenters. The maximum Gasteiger partial charge on any atom is 0.0367 e. The predicted octanol–water partition coefficient (Wildman–Crippen LogP) is 2.33. The minimum Gasteiger partial charge on any atom is -0.369 e. The number of piperazine rings is 1. The van der Waals surface area contributed by atoms with Gasteiger partial charge in [0.1, 0.15) is 0 Å². The highest BCUT2D eigenvalue weighted by atomic mass is 15.2. The highest BCUT2D eigenvalue weighted by molar-refractivity contribution is 5.48. The van der Waals surface area contributed by atoms with Gasteiger partial charge >= 0.3 is 0 Å². The molecule has 19 heavy (non-hydrogen) atoms. The van der Waals surface area contributed by atoms with Crippen LogP contribution >= 0.6 is 0 Å². The highest BCUT2D eigenvalue weighted by Gasteiger charge is 2.14. The first-order chi connectivity index (χ1) is 8.94. The van der Waals surface area contributed by atoms with Gasteiger partial charge in [-0.1, -0.05) is 12.1 Å². The van der Waals surface area contributed by atoms with Crippen molar-refractivity contribution in [1.82, 2.24) is 10.2 Å². The van der Waals surface area contributed by atoms with Crippen molar-refractivity contribution in [2.75, 3.05) is 38.1 Å². The van der Waals surface area contributed by atoms with Crippen molar-refractivity contribution in [2.24, 2.45) is 0 Å². The molecular formula is C16H27N3. The topological polar surface area (TPSA) is 18.5 Å². The molecule has 1 heterocycles. The maximum absolute atomic E-state index is 3.52. The van der Waals surface area contributed by atoms with Crippen LogP contribution in [0.15, 0.2) is 24.3 Å². The second-order valence-electron chi connectivity index (χ2n) is 6.56. The van der Waals surface area contributed by atoms with Crippen LogP contribution in [0.2, 0.25) is 0 Å². The molecule has 1 aromatic rings. The summed E-state index contributed by atoms with van der Waals surface area (Å²) in [5.41, 5.74) is 2.89. The Balaban J connectivity index is 1.91. The molecule has 2 rings (SSSR count). The van der Waals surface area contributed by atoms with E-state index in [-0.39, 0.29) is 5.54 Å². The number of anilines is 1. The molecule has 3 heteroatoms. The summed E-state index contributed by atoms with van der Waals surface area (Å²) in [5.74, 6) is 0. The lowest BCUT2D eigenvalue weighted by molar-refractivity contribution is 0.313. The molecule has 1 aliphatic heterocycles. The van der Waals surface area contributed by atoms with E-state index in [9.17, 15) is 0 Å². The molecule has 0 saturated carbocycles. The molecule has 106 valence electrons. The van der Waals surface area contributed by atoms with Gasteiger partial charge in [-0.15, -0.1) is 0 Å². The van der Waals surface area contributed by atoms with Crippen molar-refractivity contribution >= 4 is 5.69 Å². The lowest BCUT2D eigenvalue weighted by atomic mass is 10.1. The van der Waals surface area contributed by atoms with Crippen molar-refractivity contribution in [3.05, 3.63) is 29.8 Å². The molecule has 1 N–H and O–H groups in total. The molecule has 0 aliphatic carbocycles. The van der Waals surface area contributed by atoms with E-state index < -0.39 is 0 Å². The molecule has 0 atom stereocenters. The molecule has 0 aromatic heterocycles. The zero-order valence-corrected chi connectivity index (χ0v) is 12.7. The Kier molecular flexibility index (Phi) is 4.48. The van der Waals surface area contributed by atoms with Gasteiger partial charge in [0.2, 0.25) is 0 Å². The van der Waals surface area contributed by atoms with Crippen LogP contribution in [0, 0.1) is 0 Å². The van der Waals surface area contributed by atoms with Crippen molar-refractivity contribution in [3.63, 3.8) is 0 Å². The summed E-state index contributed by atoms with van der Waals surface area (Å²) < 4.78 is 0. The van der Waals surface area contributed by atoms with Crippen molar-refractivity contribution in [1.29, 1.82) is 0 Å². The van der Waals surface area contributed by atoms with Crippen LogP contribution in [0.5, 0.6) is 0 Å². The number of hydrogen-bond donors (Lipinski definition) is 1. The third-order valence-corrected chi connectivity index (χ3v) is 3.63. The predicted molar refractivity (Wildman–Crippen MR) is 82.7 cm³/mol. The number of likely N-dealkylation sites (N-methyl/N-ethyl adjacent to an activating group) is 1. The summed E-state index contributed by atoms with van der Waals surface area (Å²) in [5, 5.41) is 3.52. The van der Waals surface area contributed by atoms with E-state index in [1.54, 1.807) is 0 Å². The number of nitrogens with one attached hydrogen (secondary N) is 1. The minimum atomic E-state index is 0.177. The van der Waals surface area contributed by atoms with E-state index in [0.717, 1.165) is 32.7 Å². The minimum absolute atomic E-state index is 0.177. The van der Waals surface area contributed by atoms with Crippen molar-refractivity contribution < 1.29 is 0 Å². The van der Waals surface area contributed by atoms with E-state index in [4.69, 9.17) is 0 Å². The average molecular weight is 261 g/mol. The average Bonchev–Trinajstić information content (AvgIpc) is 2.37. The standard InChI is InChI=1S/C16H27N3/c1-16(2,3)17-13-14-5-7-15(8-6-14)19-11-9-18(4)10-12-19/h5-8,17H,9-13H2,1-4H3. The summed E-state index contributed by atoms with van der Waals surface area (Å²) in [6.45, 7) is 12.1. The molecular weight excluding hydrogens is 234 g/mol. The Hall–Kier alpha value is -1.06. The van der Waals surface area contributed by atoms with E-state index in [1.807, 2.05) is 0 Å². The van der Waals surface area contributed by atoms with Gasteiger partial charge in [-0.25, -0.2) is 0 Å². The molecule has 1 fully saturated rings. The first kappa shape index (κ1) is 14.4. The third-order valence-electron chi connectivity index (χ3n) is 3.63. The smallest absolute Gasteiger partial charge is 0.0367 e. The molecule has 0 radical (unpaired) electrons. The monoisotopic (exact) mass is 261 g/mol. The largest absolute Gasteiger partial charge is 0.369 e. The zero-order valence-electron chi connectivity index (χ0n) is 12.7. The number of benzene rings is 1. The molecule has 1 saturated heterocycles. The summed E-state index contributed by atoms with van der Waals surface area (Å²) >= 11 is 0.